The summed E-state index contributed by atoms with van der Waals surface area (Å²) in [6, 6.07) is 8.21. The summed E-state index contributed by atoms with van der Waals surface area (Å²) in [7, 11) is 1.65. The molecule has 3 aromatic heterocycles. The monoisotopic (exact) mass is 525 g/mol. The van der Waals surface area contributed by atoms with E-state index in [0.29, 0.717) is 18.7 Å². The number of benzene rings is 1. The van der Waals surface area contributed by atoms with Gasteiger partial charge >= 0.3 is 0 Å². The van der Waals surface area contributed by atoms with Crippen LogP contribution in [0.15, 0.2) is 62.2 Å². The fourth-order valence-electron chi connectivity index (χ4n) is 4.55. The van der Waals surface area contributed by atoms with Gasteiger partial charge in [-0.05, 0) is 36.4 Å². The smallest absolute Gasteiger partial charge is 0.241 e. The van der Waals surface area contributed by atoms with E-state index in [9.17, 15) is 9.59 Å². The number of pyridine rings is 1. The van der Waals surface area contributed by atoms with Gasteiger partial charge in [0.2, 0.25) is 11.8 Å². The normalized spacial score (nSPS) is 11.7. The largest absolute Gasteiger partial charge is 0.359 e. The molecule has 202 valence electrons. The highest BCUT2D eigenvalue weighted by Gasteiger charge is 2.18. The molecular weight excluding hydrogens is 490 g/mol. The summed E-state index contributed by atoms with van der Waals surface area (Å²) < 4.78 is 1.59. The van der Waals surface area contributed by atoms with Crippen molar-refractivity contribution in [2.45, 2.75) is 44.6 Å². The third-order valence-electron chi connectivity index (χ3n) is 6.75. The second kappa shape index (κ2) is 13.3. The van der Waals surface area contributed by atoms with E-state index in [0.717, 1.165) is 59.1 Å². The molecule has 0 saturated carbocycles. The predicted octanol–water partition coefficient (Wildman–Crippen LogP) is 4.70. The lowest BCUT2D eigenvalue weighted by molar-refractivity contribution is -0.122. The van der Waals surface area contributed by atoms with Gasteiger partial charge in [-0.15, -0.1) is 0 Å². The highest BCUT2D eigenvalue weighted by Crippen LogP contribution is 2.26. The zero-order chi connectivity index (χ0) is 27.6. The Morgan fingerprint density at radius 2 is 1.95 bits per heavy atom. The summed E-state index contributed by atoms with van der Waals surface area (Å²) >= 11 is 0. The third kappa shape index (κ3) is 7.28. The molecule has 0 spiro atoms. The maximum atomic E-state index is 12.8. The Kier molecular flexibility index (Phi) is 9.39. The molecule has 3 heterocycles. The number of carbonyl (C=O) groups is 2. The molecule has 0 aliphatic rings. The van der Waals surface area contributed by atoms with Gasteiger partial charge < -0.3 is 15.6 Å². The summed E-state index contributed by atoms with van der Waals surface area (Å²) in [6.07, 6.45) is 14.6. The quantitative estimate of drug-likeness (QED) is 0.206. The van der Waals surface area contributed by atoms with Crippen LogP contribution in [0.1, 0.15) is 55.1 Å². The minimum Gasteiger partial charge on any atom is -0.359 e. The number of carbonyl (C=O) groups excluding carboxylic acids is 2. The van der Waals surface area contributed by atoms with E-state index in [1.165, 1.54) is 0 Å². The number of rotatable bonds is 14. The number of nitrogens with one attached hydrogen (secondary N) is 3. The van der Waals surface area contributed by atoms with Crippen LogP contribution in [0.25, 0.3) is 34.2 Å². The summed E-state index contributed by atoms with van der Waals surface area (Å²) in [5.74, 6) is 0.736. The van der Waals surface area contributed by atoms with Gasteiger partial charge in [-0.3, -0.25) is 19.3 Å². The minimum atomic E-state index is -0.137. The van der Waals surface area contributed by atoms with Crippen molar-refractivity contribution in [3.8, 4) is 11.3 Å². The molecule has 0 saturated heterocycles. The summed E-state index contributed by atoms with van der Waals surface area (Å²) in [4.78, 5) is 36.7. The third-order valence-corrected chi connectivity index (χ3v) is 6.75. The van der Waals surface area contributed by atoms with Crippen LogP contribution in [0.3, 0.4) is 0 Å². The number of aromatic amines is 1. The van der Waals surface area contributed by atoms with Crippen molar-refractivity contribution in [1.82, 2.24) is 35.4 Å². The molecule has 4 rings (SSSR count). The van der Waals surface area contributed by atoms with Crippen molar-refractivity contribution in [2.75, 3.05) is 13.6 Å². The van der Waals surface area contributed by atoms with E-state index in [1.807, 2.05) is 18.5 Å². The van der Waals surface area contributed by atoms with Crippen LogP contribution >= 0.6 is 0 Å². The standard InChI is InChI=1S/C30H35N7O2/c1-4-21-19-37(36-26(21)5-2)20-29(39)33-17-24(9-7-6-8-10-28(38)31-3)30-34-18-27(35-30)23-12-11-22-13-14-32-16-25(22)15-23/h4-5,11-16,18-19,24H,1-2,6-10,17,20H2,3H3,(H,31,38)(H,33,39)(H,34,35). The molecule has 1 atom stereocenters. The SMILES string of the molecule is C=Cc1cn(CC(=O)NCC(CCCCCC(=O)NC)c2ncc(-c3ccc4ccncc4c3)[nH]2)nc1C=C. The van der Waals surface area contributed by atoms with Crippen molar-refractivity contribution in [1.29, 1.82) is 0 Å². The predicted molar refractivity (Wildman–Crippen MR) is 155 cm³/mol. The lowest BCUT2D eigenvalue weighted by Gasteiger charge is -2.16. The lowest BCUT2D eigenvalue weighted by atomic mass is 9.99. The molecule has 39 heavy (non-hydrogen) atoms. The Morgan fingerprint density at radius 1 is 1.08 bits per heavy atom. The second-order valence-electron chi connectivity index (χ2n) is 9.47. The Bertz CT molecular complexity index is 1430. The molecule has 3 N–H and O–H groups in total. The highest BCUT2D eigenvalue weighted by molar-refractivity contribution is 5.86. The molecule has 0 aliphatic heterocycles. The molecule has 2 amide bonds. The molecule has 0 aliphatic carbocycles. The van der Waals surface area contributed by atoms with Crippen molar-refractivity contribution in [2.24, 2.45) is 0 Å². The Hall–Kier alpha value is -4.53. The number of hydrogen-bond donors (Lipinski definition) is 3. The number of imidazole rings is 1. The Morgan fingerprint density at radius 3 is 2.72 bits per heavy atom. The van der Waals surface area contributed by atoms with Crippen LogP contribution in [0.4, 0.5) is 0 Å². The summed E-state index contributed by atoms with van der Waals surface area (Å²) in [5, 5.41) is 12.3. The maximum absolute atomic E-state index is 12.8. The van der Waals surface area contributed by atoms with Crippen LogP contribution in [-0.4, -0.2) is 50.1 Å². The first-order valence-electron chi connectivity index (χ1n) is 13.2. The van der Waals surface area contributed by atoms with E-state index in [-0.39, 0.29) is 24.3 Å². The molecule has 1 aromatic carbocycles. The summed E-state index contributed by atoms with van der Waals surface area (Å²) in [6.45, 7) is 8.08. The van der Waals surface area contributed by atoms with Crippen molar-refractivity contribution in [3.63, 3.8) is 0 Å². The molecule has 0 radical (unpaired) electrons. The first-order valence-corrected chi connectivity index (χ1v) is 13.2. The van der Waals surface area contributed by atoms with Crippen LogP contribution in [0.5, 0.6) is 0 Å². The number of amides is 2. The van der Waals surface area contributed by atoms with Crippen molar-refractivity contribution < 1.29 is 9.59 Å². The van der Waals surface area contributed by atoms with E-state index in [2.05, 4.69) is 62.0 Å². The van der Waals surface area contributed by atoms with Gasteiger partial charge in [-0.2, -0.15) is 5.10 Å². The van der Waals surface area contributed by atoms with E-state index >= 15 is 0 Å². The molecular formula is C30H35N7O2. The van der Waals surface area contributed by atoms with Crippen molar-refractivity contribution in [3.05, 3.63) is 79.3 Å². The molecule has 9 nitrogen and oxygen atoms in total. The first kappa shape index (κ1) is 27.5. The second-order valence-corrected chi connectivity index (χ2v) is 9.47. The molecule has 4 aromatic rings. The number of fused-ring (bicyclic) bond motifs is 1. The number of nitrogens with zero attached hydrogens (tertiary/aromatic N) is 4. The highest BCUT2D eigenvalue weighted by atomic mass is 16.2. The Balaban J connectivity index is 1.43. The van der Waals surface area contributed by atoms with Gasteiger partial charge in [0.15, 0.2) is 0 Å². The molecule has 0 fully saturated rings. The first-order chi connectivity index (χ1) is 19.0. The van der Waals surface area contributed by atoms with Gasteiger partial charge in [0.05, 0.1) is 17.6 Å². The van der Waals surface area contributed by atoms with E-state index in [1.54, 1.807) is 36.3 Å². The average molecular weight is 526 g/mol. The molecule has 9 heteroatoms. The number of aromatic nitrogens is 5. The maximum Gasteiger partial charge on any atom is 0.241 e. The molecule has 1 unspecified atom stereocenters. The van der Waals surface area contributed by atoms with Crippen LogP contribution in [-0.2, 0) is 16.1 Å². The topological polar surface area (TPSA) is 118 Å². The average Bonchev–Trinajstić information content (AvgIpc) is 3.61. The summed E-state index contributed by atoms with van der Waals surface area (Å²) in [5.41, 5.74) is 3.47. The van der Waals surface area contributed by atoms with Gasteiger partial charge in [-0.25, -0.2) is 4.98 Å². The lowest BCUT2D eigenvalue weighted by Crippen LogP contribution is -2.32. The Labute approximate surface area is 228 Å². The van der Waals surface area contributed by atoms with E-state index in [4.69, 9.17) is 0 Å². The van der Waals surface area contributed by atoms with Crippen molar-refractivity contribution >= 4 is 34.7 Å². The fraction of sp³-hybridized carbons (Fsp3) is 0.300. The van der Waals surface area contributed by atoms with Crippen LogP contribution in [0, 0.1) is 0 Å². The van der Waals surface area contributed by atoms with Gasteiger partial charge in [0.25, 0.3) is 0 Å². The zero-order valence-electron chi connectivity index (χ0n) is 22.3. The minimum absolute atomic E-state index is 0.00471. The van der Waals surface area contributed by atoms with E-state index < -0.39 is 0 Å². The fourth-order valence-corrected chi connectivity index (χ4v) is 4.55. The number of unbranched alkanes of at least 4 members (excludes halogenated alkanes) is 2. The zero-order valence-corrected chi connectivity index (χ0v) is 22.3. The molecule has 0 bridgehead atoms. The van der Waals surface area contributed by atoms with Gasteiger partial charge in [-0.1, -0.05) is 44.2 Å². The number of H-pyrrole nitrogens is 1. The number of hydrogen-bond acceptors (Lipinski definition) is 5. The van der Waals surface area contributed by atoms with Gasteiger partial charge in [0, 0.05) is 61.0 Å². The van der Waals surface area contributed by atoms with Crippen LogP contribution < -0.4 is 10.6 Å². The van der Waals surface area contributed by atoms with Gasteiger partial charge in [0.1, 0.15) is 12.4 Å². The van der Waals surface area contributed by atoms with Crippen LogP contribution in [0.2, 0.25) is 0 Å².